The van der Waals surface area contributed by atoms with Crippen molar-refractivity contribution >= 4 is 17.6 Å². The van der Waals surface area contributed by atoms with Crippen LogP contribution in [0.2, 0.25) is 0 Å². The Labute approximate surface area is 154 Å². The van der Waals surface area contributed by atoms with Crippen LogP contribution in [0.15, 0.2) is 27.8 Å². The SMILES string of the molecule is CCCn1c(N)c(C(=O)COC(=O)c2cc(C)ccc2O)c(=O)n(C)c1=O. The van der Waals surface area contributed by atoms with Gasteiger partial charge in [-0.3, -0.25) is 18.7 Å². The summed E-state index contributed by atoms with van der Waals surface area (Å²) in [5.74, 6) is -2.30. The number of carbonyl (C=O) groups is 2. The lowest BCUT2D eigenvalue weighted by Gasteiger charge is -2.14. The maximum atomic E-state index is 12.4. The summed E-state index contributed by atoms with van der Waals surface area (Å²) in [4.78, 5) is 49.0. The lowest BCUT2D eigenvalue weighted by molar-refractivity contribution is 0.0471. The molecule has 0 aliphatic heterocycles. The van der Waals surface area contributed by atoms with Crippen LogP contribution in [0, 0.1) is 6.92 Å². The first-order valence-electron chi connectivity index (χ1n) is 8.28. The number of nitrogen functional groups attached to an aromatic ring is 1. The second kappa shape index (κ2) is 7.90. The Kier molecular flexibility index (Phi) is 5.84. The highest BCUT2D eigenvalue weighted by atomic mass is 16.5. The number of aromatic nitrogens is 2. The predicted molar refractivity (Wildman–Crippen MR) is 98.1 cm³/mol. The maximum Gasteiger partial charge on any atom is 0.342 e. The molecule has 27 heavy (non-hydrogen) atoms. The quantitative estimate of drug-likeness (QED) is 0.557. The predicted octanol–water partition coefficient (Wildman–Crippen LogP) is 0.593. The Hall–Kier alpha value is -3.36. The van der Waals surface area contributed by atoms with E-state index >= 15 is 0 Å². The number of nitrogens with two attached hydrogens (primary N) is 1. The number of Topliss-reactive ketones (excluding diaryl/α,β-unsaturated/α-hetero) is 1. The lowest BCUT2D eigenvalue weighted by Crippen LogP contribution is -2.43. The van der Waals surface area contributed by atoms with E-state index in [0.29, 0.717) is 6.42 Å². The zero-order chi connectivity index (χ0) is 20.3. The Morgan fingerprint density at radius 1 is 1.26 bits per heavy atom. The van der Waals surface area contributed by atoms with Crippen LogP contribution >= 0.6 is 0 Å². The minimum atomic E-state index is -0.915. The Bertz CT molecular complexity index is 1020. The summed E-state index contributed by atoms with van der Waals surface area (Å²) in [6.07, 6.45) is 0.567. The van der Waals surface area contributed by atoms with Crippen LogP contribution in [0.4, 0.5) is 5.82 Å². The van der Waals surface area contributed by atoms with Gasteiger partial charge in [-0.1, -0.05) is 18.6 Å². The molecule has 0 aliphatic rings. The molecule has 0 saturated heterocycles. The van der Waals surface area contributed by atoms with Gasteiger partial charge in [-0.15, -0.1) is 0 Å². The Morgan fingerprint density at radius 2 is 1.93 bits per heavy atom. The average molecular weight is 375 g/mol. The third-order valence-electron chi connectivity index (χ3n) is 4.02. The van der Waals surface area contributed by atoms with Crippen molar-refractivity contribution < 1.29 is 19.4 Å². The summed E-state index contributed by atoms with van der Waals surface area (Å²) in [6, 6.07) is 4.36. The van der Waals surface area contributed by atoms with E-state index in [-0.39, 0.29) is 23.7 Å². The number of ether oxygens (including phenoxy) is 1. The number of carbonyl (C=O) groups excluding carboxylic acids is 2. The van der Waals surface area contributed by atoms with E-state index < -0.39 is 35.2 Å². The first-order valence-corrected chi connectivity index (χ1v) is 8.28. The molecular weight excluding hydrogens is 354 g/mol. The van der Waals surface area contributed by atoms with Crippen molar-refractivity contribution in [3.05, 3.63) is 55.7 Å². The highest BCUT2D eigenvalue weighted by molar-refractivity contribution is 6.02. The topological polar surface area (TPSA) is 134 Å². The van der Waals surface area contributed by atoms with Crippen molar-refractivity contribution in [1.29, 1.82) is 0 Å². The monoisotopic (exact) mass is 375 g/mol. The van der Waals surface area contributed by atoms with Gasteiger partial charge in [0.1, 0.15) is 22.7 Å². The van der Waals surface area contributed by atoms with Crippen LogP contribution in [0.25, 0.3) is 0 Å². The van der Waals surface area contributed by atoms with Crippen molar-refractivity contribution in [3.8, 4) is 5.75 Å². The van der Waals surface area contributed by atoms with Crippen LogP contribution in [-0.4, -0.2) is 32.6 Å². The van der Waals surface area contributed by atoms with Gasteiger partial charge in [-0.25, -0.2) is 9.59 Å². The number of ketones is 1. The highest BCUT2D eigenvalue weighted by Crippen LogP contribution is 2.19. The minimum absolute atomic E-state index is 0.0976. The summed E-state index contributed by atoms with van der Waals surface area (Å²) in [7, 11) is 1.24. The van der Waals surface area contributed by atoms with Crippen LogP contribution in [0.5, 0.6) is 5.75 Å². The second-order valence-corrected chi connectivity index (χ2v) is 6.08. The van der Waals surface area contributed by atoms with Crippen LogP contribution in [0.1, 0.15) is 39.6 Å². The van der Waals surface area contributed by atoms with Crippen LogP contribution in [0.3, 0.4) is 0 Å². The minimum Gasteiger partial charge on any atom is -0.507 e. The summed E-state index contributed by atoms with van der Waals surface area (Å²) in [5.41, 5.74) is 4.58. The van der Waals surface area contributed by atoms with Gasteiger partial charge in [0.15, 0.2) is 6.61 Å². The molecule has 9 nitrogen and oxygen atoms in total. The Morgan fingerprint density at radius 3 is 2.56 bits per heavy atom. The number of anilines is 1. The van der Waals surface area contributed by atoms with Gasteiger partial charge in [0.05, 0.1) is 0 Å². The number of nitrogens with zero attached hydrogens (tertiary/aromatic N) is 2. The van der Waals surface area contributed by atoms with E-state index in [0.717, 1.165) is 14.7 Å². The van der Waals surface area contributed by atoms with Crippen LogP contribution in [-0.2, 0) is 18.3 Å². The van der Waals surface area contributed by atoms with Gasteiger partial charge < -0.3 is 15.6 Å². The number of phenols is 1. The van der Waals surface area contributed by atoms with Gasteiger partial charge in [0.2, 0.25) is 5.78 Å². The van der Waals surface area contributed by atoms with E-state index in [9.17, 15) is 24.3 Å². The standard InChI is InChI=1S/C18H21N3O6/c1-4-7-21-15(19)14(16(24)20(3)18(21)26)13(23)9-27-17(25)11-8-10(2)5-6-12(11)22/h5-6,8,22H,4,7,9,19H2,1-3H3. The zero-order valence-electron chi connectivity index (χ0n) is 15.3. The second-order valence-electron chi connectivity index (χ2n) is 6.08. The van der Waals surface area contributed by atoms with E-state index in [1.807, 2.05) is 6.92 Å². The summed E-state index contributed by atoms with van der Waals surface area (Å²) in [5, 5.41) is 9.74. The number of aromatic hydroxyl groups is 1. The molecule has 0 amide bonds. The van der Waals surface area contributed by atoms with Crippen molar-refractivity contribution in [3.63, 3.8) is 0 Å². The highest BCUT2D eigenvalue weighted by Gasteiger charge is 2.23. The molecule has 1 aromatic heterocycles. The molecule has 0 radical (unpaired) electrons. The number of hydrogen-bond donors (Lipinski definition) is 2. The van der Waals surface area contributed by atoms with Gasteiger partial charge in [-0.2, -0.15) is 0 Å². The van der Waals surface area contributed by atoms with Gasteiger partial charge in [-0.05, 0) is 25.5 Å². The molecule has 144 valence electrons. The third kappa shape index (κ3) is 3.91. The van der Waals surface area contributed by atoms with Crippen molar-refractivity contribution in [2.45, 2.75) is 26.8 Å². The molecule has 0 bridgehead atoms. The third-order valence-corrected chi connectivity index (χ3v) is 4.02. The first kappa shape index (κ1) is 20.0. The normalized spacial score (nSPS) is 10.6. The molecule has 1 heterocycles. The molecule has 0 unspecified atom stereocenters. The number of hydrogen-bond acceptors (Lipinski definition) is 7. The summed E-state index contributed by atoms with van der Waals surface area (Å²) in [6.45, 7) is 3.02. The fourth-order valence-electron chi connectivity index (χ4n) is 2.58. The number of phenolic OH excluding ortho intramolecular Hbond substituents is 1. The smallest absolute Gasteiger partial charge is 0.342 e. The summed E-state index contributed by atoms with van der Waals surface area (Å²) < 4.78 is 6.83. The van der Waals surface area contributed by atoms with Crippen LogP contribution < -0.4 is 17.0 Å². The van der Waals surface area contributed by atoms with Gasteiger partial charge >= 0.3 is 11.7 Å². The first-order chi connectivity index (χ1) is 12.7. The molecule has 3 N–H and O–H groups in total. The molecule has 0 spiro atoms. The summed E-state index contributed by atoms with van der Waals surface area (Å²) >= 11 is 0. The largest absolute Gasteiger partial charge is 0.507 e. The molecule has 0 fully saturated rings. The zero-order valence-corrected chi connectivity index (χ0v) is 15.3. The molecule has 0 aliphatic carbocycles. The van der Waals surface area contributed by atoms with Crippen molar-refractivity contribution in [2.24, 2.45) is 7.05 Å². The molecule has 1 aromatic carbocycles. The molecule has 2 aromatic rings. The van der Waals surface area contributed by atoms with Crippen molar-refractivity contribution in [2.75, 3.05) is 12.3 Å². The number of aryl methyl sites for hydroxylation is 1. The van der Waals surface area contributed by atoms with Gasteiger partial charge in [0.25, 0.3) is 5.56 Å². The average Bonchev–Trinajstić information content (AvgIpc) is 2.63. The van der Waals surface area contributed by atoms with E-state index in [4.69, 9.17) is 10.5 Å². The van der Waals surface area contributed by atoms with Gasteiger partial charge in [0, 0.05) is 13.6 Å². The maximum absolute atomic E-state index is 12.4. The van der Waals surface area contributed by atoms with E-state index in [1.165, 1.54) is 19.2 Å². The van der Waals surface area contributed by atoms with Crippen molar-refractivity contribution in [1.82, 2.24) is 9.13 Å². The number of rotatable bonds is 6. The fraction of sp³-hybridized carbons (Fsp3) is 0.333. The molecule has 9 heteroatoms. The molecule has 0 atom stereocenters. The van der Waals surface area contributed by atoms with E-state index in [1.54, 1.807) is 13.0 Å². The molecule has 2 rings (SSSR count). The molecular formula is C18H21N3O6. The fourth-order valence-corrected chi connectivity index (χ4v) is 2.58. The molecule has 0 saturated carbocycles. The number of benzene rings is 1. The number of esters is 1. The lowest BCUT2D eigenvalue weighted by atomic mass is 10.1. The van der Waals surface area contributed by atoms with E-state index in [2.05, 4.69) is 0 Å². The Balaban J connectivity index is 2.31.